The summed E-state index contributed by atoms with van der Waals surface area (Å²) < 4.78 is 4.53. The van der Waals surface area contributed by atoms with E-state index in [9.17, 15) is 4.79 Å². The zero-order valence-electron chi connectivity index (χ0n) is 9.73. The summed E-state index contributed by atoms with van der Waals surface area (Å²) in [6, 6.07) is 1.71. The van der Waals surface area contributed by atoms with Gasteiger partial charge >= 0.3 is 5.97 Å². The van der Waals surface area contributed by atoms with Crippen molar-refractivity contribution in [3.63, 3.8) is 0 Å². The van der Waals surface area contributed by atoms with Crippen LogP contribution >= 0.6 is 0 Å². The second kappa shape index (κ2) is 6.02. The Hall–Kier alpha value is -1.69. The molecule has 1 aromatic heterocycles. The molecule has 0 saturated carbocycles. The average molecular weight is 224 g/mol. The van der Waals surface area contributed by atoms with Gasteiger partial charge in [0.25, 0.3) is 0 Å². The monoisotopic (exact) mass is 224 g/mol. The standard InChI is InChI=1S/C10H16N4O2/c1-14(2)7-6-11-8-4-5-12-9(13-8)10(15)16-3/h4-5H,6-7H2,1-3H3,(H,11,12,13). The molecule has 16 heavy (non-hydrogen) atoms. The van der Waals surface area contributed by atoms with E-state index in [0.717, 1.165) is 13.1 Å². The molecule has 1 heterocycles. The minimum Gasteiger partial charge on any atom is -0.463 e. The quantitative estimate of drug-likeness (QED) is 0.722. The van der Waals surface area contributed by atoms with Crippen LogP contribution in [-0.4, -0.2) is 55.1 Å². The van der Waals surface area contributed by atoms with Gasteiger partial charge in [-0.1, -0.05) is 0 Å². The number of nitrogens with one attached hydrogen (secondary N) is 1. The first-order chi connectivity index (χ1) is 7.63. The molecule has 6 heteroatoms. The summed E-state index contributed by atoms with van der Waals surface area (Å²) in [6.07, 6.45) is 1.53. The van der Waals surface area contributed by atoms with Gasteiger partial charge < -0.3 is 15.0 Å². The van der Waals surface area contributed by atoms with Crippen molar-refractivity contribution in [1.29, 1.82) is 0 Å². The van der Waals surface area contributed by atoms with Gasteiger partial charge in [-0.05, 0) is 20.2 Å². The average Bonchev–Trinajstić information content (AvgIpc) is 2.28. The highest BCUT2D eigenvalue weighted by Gasteiger charge is 2.08. The molecule has 0 aliphatic heterocycles. The molecule has 0 bridgehead atoms. The van der Waals surface area contributed by atoms with Crippen LogP contribution < -0.4 is 5.32 Å². The third-order valence-corrected chi connectivity index (χ3v) is 1.89. The van der Waals surface area contributed by atoms with E-state index in [1.165, 1.54) is 13.3 Å². The number of methoxy groups -OCH3 is 1. The lowest BCUT2D eigenvalue weighted by Crippen LogP contribution is -2.21. The Labute approximate surface area is 94.6 Å². The van der Waals surface area contributed by atoms with E-state index in [1.54, 1.807) is 6.07 Å². The van der Waals surface area contributed by atoms with Crippen molar-refractivity contribution in [2.45, 2.75) is 0 Å². The summed E-state index contributed by atoms with van der Waals surface area (Å²) in [7, 11) is 5.28. The van der Waals surface area contributed by atoms with Crippen LogP contribution in [-0.2, 0) is 4.74 Å². The van der Waals surface area contributed by atoms with E-state index in [0.29, 0.717) is 5.82 Å². The molecule has 0 fully saturated rings. The SMILES string of the molecule is COC(=O)c1nccc(NCCN(C)C)n1. The second-order valence-electron chi connectivity index (χ2n) is 3.49. The van der Waals surface area contributed by atoms with Crippen molar-refractivity contribution in [3.8, 4) is 0 Å². The number of carbonyl (C=O) groups is 1. The third-order valence-electron chi connectivity index (χ3n) is 1.89. The molecule has 88 valence electrons. The minimum atomic E-state index is -0.531. The maximum atomic E-state index is 11.2. The molecule has 1 N–H and O–H groups in total. The first-order valence-corrected chi connectivity index (χ1v) is 4.93. The van der Waals surface area contributed by atoms with Crippen LogP contribution in [0.15, 0.2) is 12.3 Å². The van der Waals surface area contributed by atoms with Crippen molar-refractivity contribution in [3.05, 3.63) is 18.1 Å². The molecule has 0 aromatic carbocycles. The molecule has 0 aliphatic rings. The lowest BCUT2D eigenvalue weighted by molar-refractivity contribution is 0.0587. The number of likely N-dealkylation sites (N-methyl/N-ethyl adjacent to an activating group) is 1. The maximum Gasteiger partial charge on any atom is 0.376 e. The molecule has 1 rings (SSSR count). The Morgan fingerprint density at radius 2 is 2.31 bits per heavy atom. The van der Waals surface area contributed by atoms with E-state index in [2.05, 4.69) is 24.9 Å². The van der Waals surface area contributed by atoms with Gasteiger partial charge in [0.2, 0.25) is 5.82 Å². The molecule has 0 saturated heterocycles. The number of ether oxygens (including phenoxy) is 1. The van der Waals surface area contributed by atoms with Gasteiger partial charge in [-0.3, -0.25) is 0 Å². The molecule has 0 radical (unpaired) electrons. The van der Waals surface area contributed by atoms with Crippen molar-refractivity contribution in [2.24, 2.45) is 0 Å². The molecular formula is C10H16N4O2. The van der Waals surface area contributed by atoms with Crippen LogP contribution in [0.25, 0.3) is 0 Å². The topological polar surface area (TPSA) is 67.3 Å². The summed E-state index contributed by atoms with van der Waals surface area (Å²) in [5, 5.41) is 3.09. The normalized spacial score (nSPS) is 10.2. The Balaban J connectivity index is 2.57. The molecule has 6 nitrogen and oxygen atoms in total. The van der Waals surface area contributed by atoms with Gasteiger partial charge in [0.15, 0.2) is 0 Å². The summed E-state index contributed by atoms with van der Waals surface area (Å²) in [6.45, 7) is 1.64. The number of carbonyl (C=O) groups excluding carboxylic acids is 1. The highest BCUT2D eigenvalue weighted by atomic mass is 16.5. The van der Waals surface area contributed by atoms with Gasteiger partial charge in [0, 0.05) is 19.3 Å². The lowest BCUT2D eigenvalue weighted by Gasteiger charge is -2.10. The summed E-state index contributed by atoms with van der Waals surface area (Å²) in [4.78, 5) is 21.1. The van der Waals surface area contributed by atoms with Crippen molar-refractivity contribution in [2.75, 3.05) is 39.6 Å². The van der Waals surface area contributed by atoms with Crippen LogP contribution in [0.2, 0.25) is 0 Å². The van der Waals surface area contributed by atoms with Crippen LogP contribution in [0.1, 0.15) is 10.6 Å². The molecule has 0 atom stereocenters. The van der Waals surface area contributed by atoms with E-state index in [-0.39, 0.29) is 5.82 Å². The second-order valence-corrected chi connectivity index (χ2v) is 3.49. The van der Waals surface area contributed by atoms with Crippen molar-refractivity contribution in [1.82, 2.24) is 14.9 Å². The Morgan fingerprint density at radius 1 is 1.56 bits per heavy atom. The Kier molecular flexibility index (Phi) is 4.65. The fourth-order valence-corrected chi connectivity index (χ4v) is 1.05. The maximum absolute atomic E-state index is 11.2. The number of esters is 1. The van der Waals surface area contributed by atoms with Gasteiger partial charge in [0.1, 0.15) is 5.82 Å². The van der Waals surface area contributed by atoms with E-state index >= 15 is 0 Å². The Bertz CT molecular complexity index is 354. The number of hydrogen-bond donors (Lipinski definition) is 1. The minimum absolute atomic E-state index is 0.0670. The highest BCUT2D eigenvalue weighted by Crippen LogP contribution is 2.02. The largest absolute Gasteiger partial charge is 0.463 e. The molecule has 0 unspecified atom stereocenters. The zero-order valence-corrected chi connectivity index (χ0v) is 9.73. The summed E-state index contributed by atoms with van der Waals surface area (Å²) >= 11 is 0. The number of aromatic nitrogens is 2. The van der Waals surface area contributed by atoms with Crippen molar-refractivity contribution < 1.29 is 9.53 Å². The summed E-state index contributed by atoms with van der Waals surface area (Å²) in [5.41, 5.74) is 0. The van der Waals surface area contributed by atoms with Crippen molar-refractivity contribution >= 4 is 11.8 Å². The highest BCUT2D eigenvalue weighted by molar-refractivity contribution is 5.85. The fraction of sp³-hybridized carbons (Fsp3) is 0.500. The van der Waals surface area contributed by atoms with Crippen LogP contribution in [0, 0.1) is 0 Å². The third kappa shape index (κ3) is 3.82. The van der Waals surface area contributed by atoms with E-state index in [1.807, 2.05) is 14.1 Å². The van der Waals surface area contributed by atoms with Crippen LogP contribution in [0.4, 0.5) is 5.82 Å². The van der Waals surface area contributed by atoms with E-state index in [4.69, 9.17) is 0 Å². The van der Waals surface area contributed by atoms with Crippen LogP contribution in [0.5, 0.6) is 0 Å². The molecule has 0 aliphatic carbocycles. The molecule has 1 aromatic rings. The van der Waals surface area contributed by atoms with Crippen LogP contribution in [0.3, 0.4) is 0 Å². The zero-order chi connectivity index (χ0) is 12.0. The molecule has 0 spiro atoms. The lowest BCUT2D eigenvalue weighted by atomic mass is 10.5. The predicted molar refractivity (Wildman–Crippen MR) is 60.4 cm³/mol. The van der Waals surface area contributed by atoms with Gasteiger partial charge in [-0.25, -0.2) is 14.8 Å². The number of anilines is 1. The first kappa shape index (κ1) is 12.4. The smallest absolute Gasteiger partial charge is 0.376 e. The molecular weight excluding hydrogens is 208 g/mol. The summed E-state index contributed by atoms with van der Waals surface area (Å²) in [5.74, 6) is 0.158. The first-order valence-electron chi connectivity index (χ1n) is 4.93. The number of rotatable bonds is 5. The van der Waals surface area contributed by atoms with Gasteiger partial charge in [-0.15, -0.1) is 0 Å². The van der Waals surface area contributed by atoms with Gasteiger partial charge in [0.05, 0.1) is 7.11 Å². The Morgan fingerprint density at radius 3 is 2.94 bits per heavy atom. The molecule has 0 amide bonds. The van der Waals surface area contributed by atoms with E-state index < -0.39 is 5.97 Å². The van der Waals surface area contributed by atoms with Gasteiger partial charge in [-0.2, -0.15) is 0 Å². The number of hydrogen-bond acceptors (Lipinski definition) is 6. The fourth-order valence-electron chi connectivity index (χ4n) is 1.05. The predicted octanol–water partition coefficient (Wildman–Crippen LogP) is 0.237. The number of nitrogens with zero attached hydrogens (tertiary/aromatic N) is 3.